The molecule has 0 unspecified atom stereocenters. The summed E-state index contributed by atoms with van der Waals surface area (Å²) in [5.74, 6) is 0. The van der Waals surface area contributed by atoms with Gasteiger partial charge in [0.15, 0.2) is 0 Å². The molecular formula is C46H31NO. The Kier molecular flexibility index (Phi) is 6.84. The summed E-state index contributed by atoms with van der Waals surface area (Å²) in [6.07, 6.45) is 0. The van der Waals surface area contributed by atoms with E-state index < -0.39 is 0 Å². The predicted octanol–water partition coefficient (Wildman–Crippen LogP) is 13.2. The lowest BCUT2D eigenvalue weighted by molar-refractivity contribution is 0.669. The van der Waals surface area contributed by atoms with Crippen LogP contribution in [0.4, 0.5) is 17.1 Å². The molecule has 0 spiro atoms. The van der Waals surface area contributed by atoms with Gasteiger partial charge in [0.25, 0.3) is 0 Å². The molecule has 0 aliphatic heterocycles. The van der Waals surface area contributed by atoms with Crippen molar-refractivity contribution in [1.82, 2.24) is 0 Å². The quantitative estimate of drug-likeness (QED) is 0.185. The fourth-order valence-corrected chi connectivity index (χ4v) is 6.78. The Morgan fingerprint density at radius 2 is 0.833 bits per heavy atom. The molecule has 0 N–H and O–H groups in total. The van der Waals surface area contributed by atoms with E-state index in [1.807, 2.05) is 12.1 Å². The standard InChI is InChI=1S/C46H31NO/c1-2-9-32(10-3-1)34-19-24-40(25-20-34)47(41-26-21-35(22-27-41)38-18-17-33-11-4-5-12-36(33)29-38)42-14-8-13-37(30-42)39-23-28-46-44(31-39)43-15-6-7-16-45(43)48-46/h1-31H. The topological polar surface area (TPSA) is 16.4 Å². The molecule has 8 aromatic carbocycles. The molecule has 0 aliphatic carbocycles. The molecule has 226 valence electrons. The lowest BCUT2D eigenvalue weighted by Gasteiger charge is -2.26. The Bertz CT molecular complexity index is 2540. The molecule has 1 heterocycles. The zero-order valence-electron chi connectivity index (χ0n) is 26.3. The van der Waals surface area contributed by atoms with Gasteiger partial charge in [-0.2, -0.15) is 0 Å². The Hall–Kier alpha value is -6.38. The van der Waals surface area contributed by atoms with Crippen molar-refractivity contribution in [2.24, 2.45) is 0 Å². The summed E-state index contributed by atoms with van der Waals surface area (Å²) in [5.41, 5.74) is 12.2. The first kappa shape index (κ1) is 27.9. The first-order valence-corrected chi connectivity index (χ1v) is 16.3. The third-order valence-corrected chi connectivity index (χ3v) is 9.26. The molecule has 2 nitrogen and oxygen atoms in total. The van der Waals surface area contributed by atoms with Crippen LogP contribution in [0.2, 0.25) is 0 Å². The average Bonchev–Trinajstić information content (AvgIpc) is 3.54. The minimum atomic E-state index is 0.905. The van der Waals surface area contributed by atoms with Gasteiger partial charge < -0.3 is 9.32 Å². The van der Waals surface area contributed by atoms with E-state index >= 15 is 0 Å². The van der Waals surface area contributed by atoms with Crippen LogP contribution in [0.5, 0.6) is 0 Å². The number of fused-ring (bicyclic) bond motifs is 4. The molecule has 1 aromatic heterocycles. The van der Waals surface area contributed by atoms with Gasteiger partial charge in [0, 0.05) is 27.8 Å². The van der Waals surface area contributed by atoms with Crippen molar-refractivity contribution in [2.75, 3.05) is 4.90 Å². The van der Waals surface area contributed by atoms with Gasteiger partial charge in [0.05, 0.1) is 0 Å². The number of anilines is 3. The second-order valence-corrected chi connectivity index (χ2v) is 12.2. The second kappa shape index (κ2) is 11.8. The van der Waals surface area contributed by atoms with Crippen LogP contribution in [0, 0.1) is 0 Å². The number of para-hydroxylation sites is 1. The van der Waals surface area contributed by atoms with E-state index in [2.05, 4.69) is 181 Å². The van der Waals surface area contributed by atoms with E-state index in [1.165, 1.54) is 33.0 Å². The molecule has 0 bridgehead atoms. The van der Waals surface area contributed by atoms with Gasteiger partial charge in [-0.25, -0.2) is 0 Å². The smallest absolute Gasteiger partial charge is 0.135 e. The third kappa shape index (κ3) is 5.10. The highest BCUT2D eigenvalue weighted by atomic mass is 16.3. The monoisotopic (exact) mass is 613 g/mol. The van der Waals surface area contributed by atoms with Crippen LogP contribution in [-0.2, 0) is 0 Å². The third-order valence-electron chi connectivity index (χ3n) is 9.26. The largest absolute Gasteiger partial charge is 0.456 e. The predicted molar refractivity (Wildman–Crippen MR) is 202 cm³/mol. The molecular weight excluding hydrogens is 583 g/mol. The van der Waals surface area contributed by atoms with E-state index in [4.69, 9.17) is 4.42 Å². The summed E-state index contributed by atoms with van der Waals surface area (Å²) < 4.78 is 6.12. The molecule has 48 heavy (non-hydrogen) atoms. The number of rotatable bonds is 6. The molecule has 0 amide bonds. The van der Waals surface area contributed by atoms with Crippen molar-refractivity contribution < 1.29 is 4.42 Å². The second-order valence-electron chi connectivity index (χ2n) is 12.2. The number of furan rings is 1. The van der Waals surface area contributed by atoms with Gasteiger partial charge in [-0.05, 0) is 105 Å². The van der Waals surface area contributed by atoms with Crippen molar-refractivity contribution in [1.29, 1.82) is 0 Å². The molecule has 0 atom stereocenters. The summed E-state index contributed by atoms with van der Waals surface area (Å²) in [4.78, 5) is 2.34. The molecule has 2 heteroatoms. The van der Waals surface area contributed by atoms with Gasteiger partial charge >= 0.3 is 0 Å². The molecule has 0 saturated heterocycles. The number of nitrogens with zero attached hydrogens (tertiary/aromatic N) is 1. The minimum absolute atomic E-state index is 0.905. The molecule has 0 aliphatic rings. The van der Waals surface area contributed by atoms with Crippen LogP contribution in [0.15, 0.2) is 192 Å². The average molecular weight is 614 g/mol. The minimum Gasteiger partial charge on any atom is -0.456 e. The SMILES string of the molecule is c1ccc(-c2ccc(N(c3ccc(-c4ccc5ccccc5c4)cc3)c3cccc(-c4ccc5oc6ccccc6c5c4)c3)cc2)cc1. The normalized spacial score (nSPS) is 11.3. The van der Waals surface area contributed by atoms with E-state index in [9.17, 15) is 0 Å². The Morgan fingerprint density at radius 1 is 0.292 bits per heavy atom. The van der Waals surface area contributed by atoms with Gasteiger partial charge in [-0.15, -0.1) is 0 Å². The number of benzene rings is 8. The van der Waals surface area contributed by atoms with Crippen molar-refractivity contribution in [3.05, 3.63) is 188 Å². The maximum Gasteiger partial charge on any atom is 0.135 e. The van der Waals surface area contributed by atoms with Crippen LogP contribution >= 0.6 is 0 Å². The van der Waals surface area contributed by atoms with Crippen LogP contribution < -0.4 is 4.90 Å². The molecule has 0 saturated carbocycles. The van der Waals surface area contributed by atoms with Crippen LogP contribution in [-0.4, -0.2) is 0 Å². The van der Waals surface area contributed by atoms with Crippen molar-refractivity contribution >= 4 is 49.8 Å². The highest BCUT2D eigenvalue weighted by molar-refractivity contribution is 6.06. The molecule has 0 fully saturated rings. The summed E-state index contributed by atoms with van der Waals surface area (Å²) in [6.45, 7) is 0. The van der Waals surface area contributed by atoms with Crippen molar-refractivity contribution in [3.63, 3.8) is 0 Å². The summed E-state index contributed by atoms with van der Waals surface area (Å²) in [6, 6.07) is 67.1. The first-order chi connectivity index (χ1) is 23.8. The summed E-state index contributed by atoms with van der Waals surface area (Å²) >= 11 is 0. The summed E-state index contributed by atoms with van der Waals surface area (Å²) in [5, 5.41) is 4.77. The van der Waals surface area contributed by atoms with Crippen LogP contribution in [0.3, 0.4) is 0 Å². The highest BCUT2D eigenvalue weighted by Gasteiger charge is 2.15. The molecule has 0 radical (unpaired) electrons. The van der Waals surface area contributed by atoms with Gasteiger partial charge in [-0.1, -0.05) is 127 Å². The molecule has 9 rings (SSSR count). The summed E-state index contributed by atoms with van der Waals surface area (Å²) in [7, 11) is 0. The fraction of sp³-hybridized carbons (Fsp3) is 0. The maximum atomic E-state index is 6.12. The van der Waals surface area contributed by atoms with Gasteiger partial charge in [0.2, 0.25) is 0 Å². The maximum absolute atomic E-state index is 6.12. The van der Waals surface area contributed by atoms with Crippen LogP contribution in [0.25, 0.3) is 66.1 Å². The Balaban J connectivity index is 1.13. The fourth-order valence-electron chi connectivity index (χ4n) is 6.78. The zero-order chi connectivity index (χ0) is 31.9. The van der Waals surface area contributed by atoms with Gasteiger partial charge in [0.1, 0.15) is 11.2 Å². The van der Waals surface area contributed by atoms with Gasteiger partial charge in [-0.3, -0.25) is 0 Å². The zero-order valence-corrected chi connectivity index (χ0v) is 26.3. The van der Waals surface area contributed by atoms with Crippen LogP contribution in [0.1, 0.15) is 0 Å². The van der Waals surface area contributed by atoms with E-state index in [0.29, 0.717) is 0 Å². The number of hydrogen-bond acceptors (Lipinski definition) is 2. The van der Waals surface area contributed by atoms with E-state index in [1.54, 1.807) is 0 Å². The Labute approximate surface area is 279 Å². The first-order valence-electron chi connectivity index (χ1n) is 16.3. The number of hydrogen-bond donors (Lipinski definition) is 0. The highest BCUT2D eigenvalue weighted by Crippen LogP contribution is 2.39. The molecule has 9 aromatic rings. The van der Waals surface area contributed by atoms with Crippen molar-refractivity contribution in [3.8, 4) is 33.4 Å². The van der Waals surface area contributed by atoms with Crippen molar-refractivity contribution in [2.45, 2.75) is 0 Å². The lowest BCUT2D eigenvalue weighted by Crippen LogP contribution is -2.10. The Morgan fingerprint density at radius 3 is 1.62 bits per heavy atom. The van der Waals surface area contributed by atoms with E-state index in [-0.39, 0.29) is 0 Å². The van der Waals surface area contributed by atoms with E-state index in [0.717, 1.165) is 50.1 Å². The lowest BCUT2D eigenvalue weighted by atomic mass is 10.00.